The highest BCUT2D eigenvalue weighted by Gasteiger charge is 2.60. The van der Waals surface area contributed by atoms with Gasteiger partial charge in [0, 0.05) is 26.4 Å². The Hall–Kier alpha value is 0.0969. The summed E-state index contributed by atoms with van der Waals surface area (Å²) in [7, 11) is 2.67. The molecule has 0 aliphatic heterocycles. The summed E-state index contributed by atoms with van der Waals surface area (Å²) in [5.74, 6) is 0.541. The summed E-state index contributed by atoms with van der Waals surface area (Å²) in [6.07, 6.45) is 6.21. The third-order valence-electron chi connectivity index (χ3n) is 4.27. The van der Waals surface area contributed by atoms with Gasteiger partial charge in [-0.25, -0.2) is 0 Å². The molecule has 96 valence electrons. The normalized spacial score (nSPS) is 21.4. The molecule has 16 heavy (non-hydrogen) atoms. The van der Waals surface area contributed by atoms with E-state index in [9.17, 15) is 0 Å². The second-order valence-corrected chi connectivity index (χ2v) is 8.37. The molecule has 0 heterocycles. The van der Waals surface area contributed by atoms with E-state index in [0.717, 1.165) is 0 Å². The highest BCUT2D eigenvalue weighted by molar-refractivity contribution is 6.64. The molecule has 0 amide bonds. The molecule has 0 aromatic heterocycles. The fraction of sp³-hybridized carbons (Fsp3) is 1.00. The Labute approximate surface area is 101 Å². The van der Waals surface area contributed by atoms with Crippen molar-refractivity contribution in [3.05, 3.63) is 0 Å². The molecule has 1 aliphatic carbocycles. The van der Waals surface area contributed by atoms with Gasteiger partial charge in [0.25, 0.3) is 0 Å². The van der Waals surface area contributed by atoms with Crippen LogP contribution in [0.3, 0.4) is 0 Å². The quantitative estimate of drug-likeness (QED) is 0.697. The minimum Gasteiger partial charge on any atom is -0.376 e. The van der Waals surface area contributed by atoms with E-state index in [1.807, 2.05) is 0 Å². The van der Waals surface area contributed by atoms with Crippen molar-refractivity contribution in [1.82, 2.24) is 0 Å². The van der Waals surface area contributed by atoms with Crippen LogP contribution in [0.1, 0.15) is 46.0 Å². The van der Waals surface area contributed by atoms with Crippen molar-refractivity contribution in [1.29, 1.82) is 0 Å². The summed E-state index contributed by atoms with van der Waals surface area (Å²) < 4.78 is 17.2. The van der Waals surface area contributed by atoms with Gasteiger partial charge in [0.05, 0.1) is 0 Å². The zero-order valence-corrected chi connectivity index (χ0v) is 12.3. The van der Waals surface area contributed by atoms with Crippen molar-refractivity contribution in [2.75, 3.05) is 21.3 Å². The summed E-state index contributed by atoms with van der Waals surface area (Å²) in [6.45, 7) is 4.54. The van der Waals surface area contributed by atoms with Gasteiger partial charge in [0.1, 0.15) is 0 Å². The van der Waals surface area contributed by atoms with Crippen LogP contribution in [0.25, 0.3) is 0 Å². The van der Waals surface area contributed by atoms with Crippen LogP contribution >= 0.6 is 0 Å². The minimum absolute atomic E-state index is 0.115. The molecule has 1 fully saturated rings. The standard InChI is InChI=1S/C12H26O3Si/c1-11(2)12(9-7-6-8-10-12)16(13-3,14-4)15-5/h11H,6-10H2,1-5H3. The van der Waals surface area contributed by atoms with E-state index in [1.54, 1.807) is 21.3 Å². The zero-order chi connectivity index (χ0) is 12.2. The number of rotatable bonds is 5. The second-order valence-electron chi connectivity index (χ2n) is 5.04. The maximum Gasteiger partial charge on any atom is 0.506 e. The summed E-state index contributed by atoms with van der Waals surface area (Å²) in [5.41, 5.74) is 0. The second kappa shape index (κ2) is 5.62. The first-order valence-electron chi connectivity index (χ1n) is 6.24. The molecule has 0 unspecified atom stereocenters. The van der Waals surface area contributed by atoms with E-state index < -0.39 is 8.80 Å². The summed E-state index contributed by atoms with van der Waals surface area (Å²) >= 11 is 0. The lowest BCUT2D eigenvalue weighted by atomic mass is 9.80. The molecule has 3 nitrogen and oxygen atoms in total. The van der Waals surface area contributed by atoms with E-state index in [-0.39, 0.29) is 5.04 Å². The van der Waals surface area contributed by atoms with E-state index in [1.165, 1.54) is 32.1 Å². The summed E-state index contributed by atoms with van der Waals surface area (Å²) in [4.78, 5) is 0. The molecule has 0 bridgehead atoms. The zero-order valence-electron chi connectivity index (χ0n) is 11.3. The van der Waals surface area contributed by atoms with Gasteiger partial charge in [-0.3, -0.25) is 0 Å². The van der Waals surface area contributed by atoms with Crippen LogP contribution in [-0.2, 0) is 13.3 Å². The van der Waals surface area contributed by atoms with Crippen LogP contribution in [-0.4, -0.2) is 30.1 Å². The van der Waals surface area contributed by atoms with Gasteiger partial charge in [0.15, 0.2) is 0 Å². The van der Waals surface area contributed by atoms with Crippen molar-refractivity contribution in [3.63, 3.8) is 0 Å². The van der Waals surface area contributed by atoms with Gasteiger partial charge in [-0.15, -0.1) is 0 Å². The number of hydrogen-bond acceptors (Lipinski definition) is 3. The van der Waals surface area contributed by atoms with Crippen molar-refractivity contribution in [2.24, 2.45) is 5.92 Å². The maximum absolute atomic E-state index is 5.73. The first-order valence-corrected chi connectivity index (χ1v) is 7.96. The molecule has 4 heteroatoms. The number of hydrogen-bond donors (Lipinski definition) is 0. The van der Waals surface area contributed by atoms with Crippen molar-refractivity contribution in [3.8, 4) is 0 Å². The molecular formula is C12H26O3Si. The van der Waals surface area contributed by atoms with Crippen molar-refractivity contribution in [2.45, 2.75) is 51.0 Å². The highest BCUT2D eigenvalue weighted by Crippen LogP contribution is 2.56. The van der Waals surface area contributed by atoms with Gasteiger partial charge < -0.3 is 13.3 Å². The van der Waals surface area contributed by atoms with Gasteiger partial charge in [-0.1, -0.05) is 33.1 Å². The molecule has 1 aliphatic rings. The van der Waals surface area contributed by atoms with Crippen LogP contribution in [0.4, 0.5) is 0 Å². The Morgan fingerprint density at radius 1 is 0.875 bits per heavy atom. The molecule has 0 N–H and O–H groups in total. The van der Waals surface area contributed by atoms with Gasteiger partial charge >= 0.3 is 8.80 Å². The summed E-state index contributed by atoms with van der Waals surface area (Å²) in [6, 6.07) is 0. The third kappa shape index (κ3) is 2.08. The average Bonchev–Trinajstić information content (AvgIpc) is 2.33. The average molecular weight is 246 g/mol. The maximum atomic E-state index is 5.73. The molecule has 0 saturated heterocycles. The smallest absolute Gasteiger partial charge is 0.376 e. The Morgan fingerprint density at radius 2 is 1.31 bits per heavy atom. The Kier molecular flexibility index (Phi) is 4.98. The molecule has 1 rings (SSSR count). The third-order valence-corrected chi connectivity index (χ3v) is 8.18. The minimum atomic E-state index is -2.53. The first kappa shape index (κ1) is 14.2. The molecule has 0 atom stereocenters. The van der Waals surface area contributed by atoms with Crippen molar-refractivity contribution < 1.29 is 13.3 Å². The Morgan fingerprint density at radius 3 is 1.62 bits per heavy atom. The SMILES string of the molecule is CO[Si](OC)(OC)C1(C(C)C)CCCCC1. The van der Waals surface area contributed by atoms with E-state index in [0.29, 0.717) is 5.92 Å². The molecule has 0 aromatic carbocycles. The topological polar surface area (TPSA) is 27.7 Å². The van der Waals surface area contributed by atoms with E-state index >= 15 is 0 Å². The lowest BCUT2D eigenvalue weighted by Crippen LogP contribution is -2.57. The largest absolute Gasteiger partial charge is 0.506 e. The molecule has 0 aromatic rings. The fourth-order valence-corrected chi connectivity index (χ4v) is 6.67. The van der Waals surface area contributed by atoms with Gasteiger partial charge in [0.2, 0.25) is 0 Å². The lowest BCUT2D eigenvalue weighted by Gasteiger charge is -2.48. The van der Waals surface area contributed by atoms with E-state index in [2.05, 4.69) is 13.8 Å². The fourth-order valence-electron chi connectivity index (χ4n) is 3.28. The molecule has 0 radical (unpaired) electrons. The van der Waals surface area contributed by atoms with Crippen LogP contribution in [0.15, 0.2) is 0 Å². The monoisotopic (exact) mass is 246 g/mol. The highest BCUT2D eigenvalue weighted by atomic mass is 28.4. The summed E-state index contributed by atoms with van der Waals surface area (Å²) in [5, 5.41) is 0.115. The van der Waals surface area contributed by atoms with Crippen LogP contribution in [0.2, 0.25) is 5.04 Å². The van der Waals surface area contributed by atoms with Crippen LogP contribution in [0.5, 0.6) is 0 Å². The van der Waals surface area contributed by atoms with Crippen LogP contribution in [0, 0.1) is 5.92 Å². The van der Waals surface area contributed by atoms with Gasteiger partial charge in [-0.2, -0.15) is 0 Å². The van der Waals surface area contributed by atoms with Gasteiger partial charge in [-0.05, 0) is 18.8 Å². The molecular weight excluding hydrogens is 220 g/mol. The predicted molar refractivity (Wildman–Crippen MR) is 67.4 cm³/mol. The van der Waals surface area contributed by atoms with Crippen LogP contribution < -0.4 is 0 Å². The Balaban J connectivity index is 3.06. The van der Waals surface area contributed by atoms with Crippen molar-refractivity contribution >= 4 is 8.80 Å². The predicted octanol–water partition coefficient (Wildman–Crippen LogP) is 3.23. The molecule has 1 saturated carbocycles. The van der Waals surface area contributed by atoms with E-state index in [4.69, 9.17) is 13.3 Å². The lowest BCUT2D eigenvalue weighted by molar-refractivity contribution is 0.0602. The molecule has 0 spiro atoms. The first-order chi connectivity index (χ1) is 7.58. The Bertz CT molecular complexity index is 200.